The number of nitrogens with zero attached hydrogens (tertiary/aromatic N) is 3. The lowest BCUT2D eigenvalue weighted by Gasteiger charge is -2.11. The van der Waals surface area contributed by atoms with Crippen LogP contribution in [0, 0.1) is 0 Å². The summed E-state index contributed by atoms with van der Waals surface area (Å²) in [5, 5.41) is 7.32. The van der Waals surface area contributed by atoms with Crippen LogP contribution in [0.25, 0.3) is 119 Å². The molecule has 0 aliphatic heterocycles. The van der Waals surface area contributed by atoms with Crippen molar-refractivity contribution in [1.82, 2.24) is 15.0 Å². The van der Waals surface area contributed by atoms with E-state index in [0.29, 0.717) is 17.5 Å². The lowest BCUT2D eigenvalue weighted by molar-refractivity contribution is 0.669. The zero-order valence-corrected chi connectivity index (χ0v) is 31.9. The summed E-state index contributed by atoms with van der Waals surface area (Å²) in [5.74, 6) is 1.98. The minimum Gasteiger partial charge on any atom is -0.456 e. The van der Waals surface area contributed by atoms with Crippen LogP contribution < -0.4 is 0 Å². The van der Waals surface area contributed by atoms with Crippen molar-refractivity contribution in [1.29, 1.82) is 0 Å². The monoisotopic (exact) mass is 763 g/mol. The zero-order valence-electron chi connectivity index (χ0n) is 30.3. The van der Waals surface area contributed by atoms with E-state index < -0.39 is 0 Å². The van der Waals surface area contributed by atoms with E-state index >= 15 is 0 Å². The third kappa shape index (κ3) is 5.30. The SMILES string of the molecule is c1ccc(-c2nc(-c3ccccc3)nc(-c3ccc4c(c3)sc3ccc(-c5cc(-c6cccc7oc8ccccc8c67)c6c(c5)sc5ccccc56)cc34)n2)cc1. The van der Waals surface area contributed by atoms with Crippen molar-refractivity contribution in [2.75, 3.05) is 0 Å². The van der Waals surface area contributed by atoms with Crippen LogP contribution >= 0.6 is 22.7 Å². The molecule has 12 aromatic rings. The van der Waals surface area contributed by atoms with Crippen LogP contribution in [0.5, 0.6) is 0 Å². The van der Waals surface area contributed by atoms with Crippen LogP contribution in [-0.4, -0.2) is 15.0 Å². The second-order valence-corrected chi connectivity index (χ2v) is 16.5. The molecule has 4 heterocycles. The van der Waals surface area contributed by atoms with Gasteiger partial charge in [0.25, 0.3) is 0 Å². The van der Waals surface area contributed by atoms with Crippen LogP contribution in [0.3, 0.4) is 0 Å². The van der Waals surface area contributed by atoms with Crippen LogP contribution in [0.1, 0.15) is 0 Å². The Morgan fingerprint density at radius 3 is 1.72 bits per heavy atom. The van der Waals surface area contributed by atoms with Gasteiger partial charge >= 0.3 is 0 Å². The average molecular weight is 764 g/mol. The van der Waals surface area contributed by atoms with Crippen molar-refractivity contribution in [2.45, 2.75) is 0 Å². The van der Waals surface area contributed by atoms with E-state index in [-0.39, 0.29) is 0 Å². The fourth-order valence-corrected chi connectivity index (χ4v) is 10.6. The molecule has 0 spiro atoms. The summed E-state index contributed by atoms with van der Waals surface area (Å²) in [4.78, 5) is 14.9. The standard InChI is InChI=1S/C51H29N3OS2/c1-3-12-30(13-4-1)49-52-50(31-14-5-2-6-15-31)54-51(53-49)33-22-24-35-39-26-32(23-25-44(39)56-45(35)28-33)34-27-40(48-38-17-8-10-21-43(38)57-46(48)29-34)36-18-11-20-42-47(36)37-16-7-9-19-41(37)55-42/h1-29H. The van der Waals surface area contributed by atoms with E-state index in [1.54, 1.807) is 11.3 Å². The molecule has 4 aromatic heterocycles. The molecule has 0 fully saturated rings. The Labute approximate surface area is 335 Å². The molecule has 0 saturated carbocycles. The van der Waals surface area contributed by atoms with Crippen LogP contribution in [-0.2, 0) is 0 Å². The summed E-state index contributed by atoms with van der Waals surface area (Å²) in [7, 11) is 0. The lowest BCUT2D eigenvalue weighted by Crippen LogP contribution is -1.99. The van der Waals surface area contributed by atoms with Gasteiger partial charge in [0.1, 0.15) is 11.2 Å². The van der Waals surface area contributed by atoms with Gasteiger partial charge in [0.15, 0.2) is 17.5 Å². The van der Waals surface area contributed by atoms with Crippen molar-refractivity contribution in [3.63, 3.8) is 0 Å². The van der Waals surface area contributed by atoms with Gasteiger partial charge in [-0.05, 0) is 70.8 Å². The molecule has 0 N–H and O–H groups in total. The number of benzene rings is 8. The Morgan fingerprint density at radius 1 is 0.316 bits per heavy atom. The highest BCUT2D eigenvalue weighted by Crippen LogP contribution is 2.47. The first kappa shape index (κ1) is 32.3. The van der Waals surface area contributed by atoms with E-state index in [1.165, 1.54) is 62.6 Å². The molecule has 4 nitrogen and oxygen atoms in total. The molecule has 0 saturated heterocycles. The highest BCUT2D eigenvalue weighted by molar-refractivity contribution is 7.26. The number of aromatic nitrogens is 3. The van der Waals surface area contributed by atoms with E-state index in [1.807, 2.05) is 78.1 Å². The predicted molar refractivity (Wildman–Crippen MR) is 240 cm³/mol. The Morgan fingerprint density at radius 2 is 0.930 bits per heavy atom. The Kier molecular flexibility index (Phi) is 7.24. The number of rotatable bonds is 5. The summed E-state index contributed by atoms with van der Waals surface area (Å²) in [6.45, 7) is 0. The molecule has 0 amide bonds. The number of para-hydroxylation sites is 1. The second-order valence-electron chi connectivity index (χ2n) is 14.3. The van der Waals surface area contributed by atoms with Crippen molar-refractivity contribution < 1.29 is 4.42 Å². The maximum absolute atomic E-state index is 6.37. The average Bonchev–Trinajstić information content (AvgIpc) is 3.97. The predicted octanol–water partition coefficient (Wildman–Crippen LogP) is 14.8. The lowest BCUT2D eigenvalue weighted by atomic mass is 9.92. The summed E-state index contributed by atoms with van der Waals surface area (Å²) < 4.78 is 11.4. The molecule has 0 radical (unpaired) electrons. The third-order valence-electron chi connectivity index (χ3n) is 10.9. The van der Waals surface area contributed by atoms with Gasteiger partial charge in [-0.15, -0.1) is 22.7 Å². The van der Waals surface area contributed by atoms with Gasteiger partial charge in [-0.25, -0.2) is 15.0 Å². The maximum atomic E-state index is 6.37. The third-order valence-corrected chi connectivity index (χ3v) is 13.2. The summed E-state index contributed by atoms with van der Waals surface area (Å²) in [6, 6.07) is 62.1. The molecular formula is C51H29N3OS2. The Balaban J connectivity index is 1.02. The highest BCUT2D eigenvalue weighted by atomic mass is 32.1. The van der Waals surface area contributed by atoms with Crippen molar-refractivity contribution in [3.05, 3.63) is 176 Å². The molecule has 266 valence electrons. The van der Waals surface area contributed by atoms with E-state index in [4.69, 9.17) is 19.4 Å². The highest BCUT2D eigenvalue weighted by Gasteiger charge is 2.19. The maximum Gasteiger partial charge on any atom is 0.164 e. The largest absolute Gasteiger partial charge is 0.456 e. The number of fused-ring (bicyclic) bond motifs is 9. The molecule has 57 heavy (non-hydrogen) atoms. The van der Waals surface area contributed by atoms with Gasteiger partial charge in [0.05, 0.1) is 0 Å². The van der Waals surface area contributed by atoms with Crippen LogP contribution in [0.15, 0.2) is 180 Å². The molecule has 0 bridgehead atoms. The summed E-state index contributed by atoms with van der Waals surface area (Å²) in [6.07, 6.45) is 0. The zero-order chi connectivity index (χ0) is 37.5. The number of furan rings is 1. The molecular weight excluding hydrogens is 735 g/mol. The first-order valence-electron chi connectivity index (χ1n) is 18.9. The van der Waals surface area contributed by atoms with Gasteiger partial charge in [-0.3, -0.25) is 0 Å². The van der Waals surface area contributed by atoms with Gasteiger partial charge in [0.2, 0.25) is 0 Å². The fraction of sp³-hybridized carbons (Fsp3) is 0. The minimum absolute atomic E-state index is 0.660. The van der Waals surface area contributed by atoms with Crippen molar-refractivity contribution in [2.24, 2.45) is 0 Å². The number of hydrogen-bond donors (Lipinski definition) is 0. The molecule has 12 rings (SSSR count). The van der Waals surface area contributed by atoms with Crippen molar-refractivity contribution in [3.8, 4) is 56.4 Å². The summed E-state index contributed by atoms with van der Waals surface area (Å²) in [5.41, 5.74) is 9.48. The fourth-order valence-electron chi connectivity index (χ4n) is 8.27. The van der Waals surface area contributed by atoms with Gasteiger partial charge in [-0.2, -0.15) is 0 Å². The quantitative estimate of drug-likeness (QED) is 0.175. The Hall–Kier alpha value is -6.99. The van der Waals surface area contributed by atoms with Gasteiger partial charge < -0.3 is 4.42 Å². The number of thiophene rings is 2. The number of hydrogen-bond acceptors (Lipinski definition) is 6. The molecule has 0 unspecified atom stereocenters. The summed E-state index contributed by atoms with van der Waals surface area (Å²) >= 11 is 3.66. The van der Waals surface area contributed by atoms with Gasteiger partial charge in [0, 0.05) is 67.8 Å². The van der Waals surface area contributed by atoms with Gasteiger partial charge in [-0.1, -0.05) is 127 Å². The molecule has 0 aliphatic rings. The van der Waals surface area contributed by atoms with E-state index in [0.717, 1.165) is 38.6 Å². The minimum atomic E-state index is 0.660. The first-order valence-corrected chi connectivity index (χ1v) is 20.6. The van der Waals surface area contributed by atoms with E-state index in [9.17, 15) is 0 Å². The van der Waals surface area contributed by atoms with Crippen LogP contribution in [0.2, 0.25) is 0 Å². The topological polar surface area (TPSA) is 51.8 Å². The second kappa shape index (κ2) is 12.8. The van der Waals surface area contributed by atoms with E-state index in [2.05, 4.69) is 109 Å². The van der Waals surface area contributed by atoms with Crippen LogP contribution in [0.4, 0.5) is 0 Å². The molecule has 6 heteroatoms. The normalized spacial score (nSPS) is 11.9. The smallest absolute Gasteiger partial charge is 0.164 e. The molecule has 8 aromatic carbocycles. The Bertz CT molecular complexity index is 3470. The molecule has 0 aliphatic carbocycles. The van der Waals surface area contributed by atoms with Crippen molar-refractivity contribution >= 4 is 85.0 Å². The molecule has 0 atom stereocenters. The first-order chi connectivity index (χ1) is 28.2.